The van der Waals surface area contributed by atoms with E-state index in [1.165, 1.54) is 30.5 Å². The first-order chi connectivity index (χ1) is 11.3. The smallest absolute Gasteiger partial charge is 0.416 e. The molecule has 0 bridgehead atoms. The van der Waals surface area contributed by atoms with Crippen molar-refractivity contribution < 1.29 is 23.4 Å². The summed E-state index contributed by atoms with van der Waals surface area (Å²) in [5.41, 5.74) is 2.10. The van der Waals surface area contributed by atoms with E-state index in [0.717, 1.165) is 18.2 Å². The van der Waals surface area contributed by atoms with Crippen LogP contribution in [0.25, 0.3) is 0 Å². The molecule has 0 saturated heterocycles. The molecule has 2 aromatic carbocycles. The molecule has 0 spiro atoms. The quantitative estimate of drug-likeness (QED) is 0.386. The van der Waals surface area contributed by atoms with Gasteiger partial charge in [0.1, 0.15) is 11.5 Å². The number of halogens is 3. The molecule has 2 aromatic rings. The molecule has 0 saturated carbocycles. The molecule has 0 atom stereocenters. The number of hydrogen-bond donors (Lipinski definition) is 4. The molecule has 0 radical (unpaired) electrons. The second-order valence-electron chi connectivity index (χ2n) is 4.65. The van der Waals surface area contributed by atoms with Crippen molar-refractivity contribution in [1.29, 1.82) is 0 Å². The topological polar surface area (TPSA) is 76.9 Å². The lowest BCUT2D eigenvalue weighted by molar-refractivity contribution is -0.137. The van der Waals surface area contributed by atoms with Crippen molar-refractivity contribution in [2.75, 3.05) is 5.32 Å². The second kappa shape index (κ2) is 7.18. The Balaban J connectivity index is 1.97. The zero-order valence-corrected chi connectivity index (χ0v) is 12.8. The monoisotopic (exact) mass is 355 g/mol. The van der Waals surface area contributed by atoms with Crippen molar-refractivity contribution in [1.82, 2.24) is 5.43 Å². The first-order valence-corrected chi connectivity index (χ1v) is 6.96. The summed E-state index contributed by atoms with van der Waals surface area (Å²) in [6.45, 7) is 0. The first kappa shape index (κ1) is 17.5. The highest BCUT2D eigenvalue weighted by atomic mass is 32.1. The molecule has 2 rings (SSSR count). The van der Waals surface area contributed by atoms with Gasteiger partial charge in [-0.3, -0.25) is 5.43 Å². The fourth-order valence-electron chi connectivity index (χ4n) is 1.73. The van der Waals surface area contributed by atoms with E-state index in [2.05, 4.69) is 15.8 Å². The third-order valence-electron chi connectivity index (χ3n) is 2.83. The van der Waals surface area contributed by atoms with Gasteiger partial charge >= 0.3 is 6.18 Å². The van der Waals surface area contributed by atoms with E-state index in [0.29, 0.717) is 5.56 Å². The molecule has 0 heterocycles. The van der Waals surface area contributed by atoms with Crippen molar-refractivity contribution in [3.63, 3.8) is 0 Å². The fourth-order valence-corrected chi connectivity index (χ4v) is 1.90. The van der Waals surface area contributed by atoms with Gasteiger partial charge in [-0.05, 0) is 42.5 Å². The molecule has 126 valence electrons. The van der Waals surface area contributed by atoms with E-state index in [1.807, 2.05) is 0 Å². The Morgan fingerprint density at radius 2 is 1.88 bits per heavy atom. The summed E-state index contributed by atoms with van der Waals surface area (Å²) in [5, 5.41) is 25.0. The van der Waals surface area contributed by atoms with Crippen LogP contribution >= 0.6 is 12.2 Å². The van der Waals surface area contributed by atoms with E-state index in [-0.39, 0.29) is 22.3 Å². The number of hydrogen-bond acceptors (Lipinski definition) is 4. The number of nitrogens with one attached hydrogen (secondary N) is 2. The van der Waals surface area contributed by atoms with Crippen LogP contribution in [0.3, 0.4) is 0 Å². The minimum absolute atomic E-state index is 0.0242. The van der Waals surface area contributed by atoms with Gasteiger partial charge in [0.15, 0.2) is 5.11 Å². The SMILES string of the molecule is Oc1ccc(/C=N/NC(=S)Nc2cccc(C(F)(F)F)c2)c(O)c1. The molecule has 4 N–H and O–H groups in total. The summed E-state index contributed by atoms with van der Waals surface area (Å²) < 4.78 is 37.9. The van der Waals surface area contributed by atoms with Crippen LogP contribution in [-0.2, 0) is 6.18 Å². The lowest BCUT2D eigenvalue weighted by Gasteiger charge is -2.10. The van der Waals surface area contributed by atoms with E-state index in [9.17, 15) is 18.3 Å². The minimum atomic E-state index is -4.44. The number of thiocarbonyl (C=S) groups is 1. The molecule has 24 heavy (non-hydrogen) atoms. The van der Waals surface area contributed by atoms with Crippen LogP contribution in [0.5, 0.6) is 11.5 Å². The maximum Gasteiger partial charge on any atom is 0.416 e. The minimum Gasteiger partial charge on any atom is -0.508 e. The number of alkyl halides is 3. The van der Waals surface area contributed by atoms with Gasteiger partial charge in [-0.1, -0.05) is 6.07 Å². The molecule has 9 heteroatoms. The van der Waals surface area contributed by atoms with Crippen LogP contribution < -0.4 is 10.7 Å². The van der Waals surface area contributed by atoms with Gasteiger partial charge in [-0.15, -0.1) is 0 Å². The number of nitrogens with zero attached hydrogens (tertiary/aromatic N) is 1. The van der Waals surface area contributed by atoms with Gasteiger partial charge in [-0.25, -0.2) is 0 Å². The Labute approximate surface area is 140 Å². The van der Waals surface area contributed by atoms with Gasteiger partial charge in [-0.2, -0.15) is 18.3 Å². The number of hydrazone groups is 1. The lowest BCUT2D eigenvalue weighted by Crippen LogP contribution is -2.24. The fraction of sp³-hybridized carbons (Fsp3) is 0.0667. The third kappa shape index (κ3) is 4.85. The van der Waals surface area contributed by atoms with Crippen molar-refractivity contribution in [3.05, 3.63) is 53.6 Å². The van der Waals surface area contributed by atoms with E-state index < -0.39 is 11.7 Å². The van der Waals surface area contributed by atoms with E-state index in [1.54, 1.807) is 0 Å². The van der Waals surface area contributed by atoms with Gasteiger partial charge < -0.3 is 15.5 Å². The Morgan fingerprint density at radius 3 is 2.54 bits per heavy atom. The molecule has 0 aliphatic rings. The number of rotatable bonds is 3. The highest BCUT2D eigenvalue weighted by Gasteiger charge is 2.30. The Bertz CT molecular complexity index is 779. The highest BCUT2D eigenvalue weighted by molar-refractivity contribution is 7.80. The van der Waals surface area contributed by atoms with Crippen molar-refractivity contribution in [3.8, 4) is 11.5 Å². The third-order valence-corrected chi connectivity index (χ3v) is 3.02. The van der Waals surface area contributed by atoms with Gasteiger partial charge in [0, 0.05) is 17.3 Å². The van der Waals surface area contributed by atoms with E-state index in [4.69, 9.17) is 17.3 Å². The summed E-state index contributed by atoms with van der Waals surface area (Å²) >= 11 is 4.92. The van der Waals surface area contributed by atoms with E-state index >= 15 is 0 Å². The molecular weight excluding hydrogens is 343 g/mol. The average molecular weight is 355 g/mol. The lowest BCUT2D eigenvalue weighted by atomic mass is 10.2. The second-order valence-corrected chi connectivity index (χ2v) is 5.05. The summed E-state index contributed by atoms with van der Waals surface area (Å²) in [5.74, 6) is -0.281. The maximum absolute atomic E-state index is 12.6. The van der Waals surface area contributed by atoms with Crippen LogP contribution in [0.2, 0.25) is 0 Å². The Morgan fingerprint density at radius 1 is 1.12 bits per heavy atom. The predicted molar refractivity (Wildman–Crippen MR) is 88.2 cm³/mol. The summed E-state index contributed by atoms with van der Waals surface area (Å²) in [6, 6.07) is 8.49. The first-order valence-electron chi connectivity index (χ1n) is 6.55. The van der Waals surface area contributed by atoms with Gasteiger partial charge in [0.05, 0.1) is 11.8 Å². The Kier molecular flexibility index (Phi) is 5.24. The van der Waals surface area contributed by atoms with Crippen LogP contribution in [-0.4, -0.2) is 21.5 Å². The van der Waals surface area contributed by atoms with Crippen molar-refractivity contribution in [2.45, 2.75) is 6.18 Å². The summed E-state index contributed by atoms with van der Waals surface area (Å²) in [7, 11) is 0. The molecule has 0 aliphatic heterocycles. The molecular formula is C15H12F3N3O2S. The van der Waals surface area contributed by atoms with Crippen molar-refractivity contribution >= 4 is 29.2 Å². The molecule has 0 aromatic heterocycles. The van der Waals surface area contributed by atoms with Crippen LogP contribution in [0.1, 0.15) is 11.1 Å². The van der Waals surface area contributed by atoms with Crippen LogP contribution in [0.4, 0.5) is 18.9 Å². The van der Waals surface area contributed by atoms with Gasteiger partial charge in [0.2, 0.25) is 0 Å². The summed E-state index contributed by atoms with van der Waals surface area (Å²) in [4.78, 5) is 0. The largest absolute Gasteiger partial charge is 0.508 e. The molecule has 0 aliphatic carbocycles. The maximum atomic E-state index is 12.6. The Hall–Kier alpha value is -2.81. The standard InChI is InChI=1S/C15H12F3N3O2S/c16-15(17,18)10-2-1-3-11(6-10)20-14(24)21-19-8-9-4-5-12(22)7-13(9)23/h1-8,22-23H,(H2,20,21,24)/b19-8+. The predicted octanol–water partition coefficient (Wildman–Crippen LogP) is 3.44. The van der Waals surface area contributed by atoms with Crippen molar-refractivity contribution in [2.24, 2.45) is 5.10 Å². The molecule has 5 nitrogen and oxygen atoms in total. The number of benzene rings is 2. The normalized spacial score (nSPS) is 11.5. The molecule has 0 fully saturated rings. The molecule has 0 amide bonds. The number of anilines is 1. The van der Waals surface area contributed by atoms with Gasteiger partial charge in [0.25, 0.3) is 0 Å². The number of phenolic OH excluding ortho intramolecular Hbond substituents is 2. The number of aromatic hydroxyl groups is 2. The summed E-state index contributed by atoms with van der Waals surface area (Å²) in [6.07, 6.45) is -3.20. The highest BCUT2D eigenvalue weighted by Crippen LogP contribution is 2.30. The molecule has 0 unspecified atom stereocenters. The zero-order valence-electron chi connectivity index (χ0n) is 12.0. The van der Waals surface area contributed by atoms with Crippen LogP contribution in [0.15, 0.2) is 47.6 Å². The van der Waals surface area contributed by atoms with Crippen LogP contribution in [0, 0.1) is 0 Å². The average Bonchev–Trinajstić information content (AvgIpc) is 2.49. The zero-order chi connectivity index (χ0) is 17.7. The number of phenols is 2.